The molecular formula is C14H22N4. The van der Waals surface area contributed by atoms with Crippen molar-refractivity contribution in [2.45, 2.75) is 27.2 Å². The van der Waals surface area contributed by atoms with Crippen molar-refractivity contribution in [3.63, 3.8) is 0 Å². The average molecular weight is 246 g/mol. The molecule has 4 nitrogen and oxygen atoms in total. The number of nitrogens with zero attached hydrogens (tertiary/aromatic N) is 3. The Kier molecular flexibility index (Phi) is 6.16. The van der Waals surface area contributed by atoms with E-state index in [-0.39, 0.29) is 0 Å². The fourth-order valence-electron chi connectivity index (χ4n) is 1.88. The molecule has 0 saturated heterocycles. The van der Waals surface area contributed by atoms with E-state index in [1.807, 2.05) is 13.0 Å². The van der Waals surface area contributed by atoms with Crippen LogP contribution in [0.15, 0.2) is 12.3 Å². The number of pyridine rings is 1. The van der Waals surface area contributed by atoms with Gasteiger partial charge in [-0.15, -0.1) is 0 Å². The smallest absolute Gasteiger partial charge is 0.144 e. The average Bonchev–Trinajstić information content (AvgIpc) is 2.39. The van der Waals surface area contributed by atoms with E-state index in [0.29, 0.717) is 11.4 Å². The van der Waals surface area contributed by atoms with Gasteiger partial charge < -0.3 is 10.2 Å². The van der Waals surface area contributed by atoms with Gasteiger partial charge in [0.05, 0.1) is 5.56 Å². The Labute approximate surface area is 110 Å². The lowest BCUT2D eigenvalue weighted by atomic mass is 10.1. The second-order valence-electron chi connectivity index (χ2n) is 4.27. The molecule has 18 heavy (non-hydrogen) atoms. The lowest BCUT2D eigenvalue weighted by Crippen LogP contribution is -2.25. The highest BCUT2D eigenvalue weighted by molar-refractivity contribution is 5.55. The fraction of sp³-hybridized carbons (Fsp3) is 0.571. The molecule has 0 amide bonds. The third kappa shape index (κ3) is 4.01. The Morgan fingerprint density at radius 1 is 1.39 bits per heavy atom. The number of hydrogen-bond donors (Lipinski definition) is 1. The Hall–Kier alpha value is -1.60. The van der Waals surface area contributed by atoms with Gasteiger partial charge in [-0.3, -0.25) is 0 Å². The van der Waals surface area contributed by atoms with E-state index in [1.54, 1.807) is 6.20 Å². The van der Waals surface area contributed by atoms with Gasteiger partial charge >= 0.3 is 0 Å². The minimum atomic E-state index is 0.653. The van der Waals surface area contributed by atoms with Crippen molar-refractivity contribution in [1.82, 2.24) is 9.88 Å². The van der Waals surface area contributed by atoms with Crippen molar-refractivity contribution in [2.24, 2.45) is 0 Å². The lowest BCUT2D eigenvalue weighted by molar-refractivity contribution is 0.303. The maximum absolute atomic E-state index is 9.08. The van der Waals surface area contributed by atoms with Gasteiger partial charge in [0, 0.05) is 12.7 Å². The van der Waals surface area contributed by atoms with Crippen LogP contribution in [0.3, 0.4) is 0 Å². The molecule has 1 rings (SSSR count). The third-order valence-electron chi connectivity index (χ3n) is 3.11. The van der Waals surface area contributed by atoms with Crippen LogP contribution in [-0.4, -0.2) is 36.1 Å². The summed E-state index contributed by atoms with van der Waals surface area (Å²) in [5.74, 6) is 0.706. The van der Waals surface area contributed by atoms with Crippen molar-refractivity contribution in [3.05, 3.63) is 23.4 Å². The molecule has 0 atom stereocenters. The van der Waals surface area contributed by atoms with E-state index in [0.717, 1.165) is 38.2 Å². The van der Waals surface area contributed by atoms with E-state index in [2.05, 4.69) is 35.1 Å². The van der Waals surface area contributed by atoms with E-state index >= 15 is 0 Å². The maximum Gasteiger partial charge on any atom is 0.144 e. The van der Waals surface area contributed by atoms with Crippen molar-refractivity contribution in [1.29, 1.82) is 5.26 Å². The van der Waals surface area contributed by atoms with Crippen LogP contribution in [0, 0.1) is 18.3 Å². The van der Waals surface area contributed by atoms with E-state index < -0.39 is 0 Å². The number of hydrogen-bond acceptors (Lipinski definition) is 4. The molecule has 1 N–H and O–H groups in total. The van der Waals surface area contributed by atoms with Crippen LogP contribution in [0.1, 0.15) is 31.4 Å². The van der Waals surface area contributed by atoms with Crippen molar-refractivity contribution >= 4 is 5.82 Å². The van der Waals surface area contributed by atoms with Crippen LogP contribution in [0.4, 0.5) is 5.82 Å². The molecule has 0 fully saturated rings. The van der Waals surface area contributed by atoms with Gasteiger partial charge in [0.25, 0.3) is 0 Å². The van der Waals surface area contributed by atoms with Gasteiger partial charge in [-0.2, -0.15) is 5.26 Å². The molecule has 0 aromatic carbocycles. The van der Waals surface area contributed by atoms with Crippen LogP contribution in [-0.2, 0) is 0 Å². The molecule has 0 saturated carbocycles. The molecular weight excluding hydrogens is 224 g/mol. The first-order valence-electron chi connectivity index (χ1n) is 6.54. The van der Waals surface area contributed by atoms with Crippen molar-refractivity contribution in [3.8, 4) is 6.07 Å². The highest BCUT2D eigenvalue weighted by Crippen LogP contribution is 2.14. The summed E-state index contributed by atoms with van der Waals surface area (Å²) in [5.41, 5.74) is 1.62. The molecule has 0 aliphatic rings. The first-order chi connectivity index (χ1) is 8.72. The lowest BCUT2D eigenvalue weighted by Gasteiger charge is -2.18. The van der Waals surface area contributed by atoms with Crippen LogP contribution >= 0.6 is 0 Å². The molecule has 0 aliphatic carbocycles. The zero-order valence-corrected chi connectivity index (χ0v) is 11.5. The van der Waals surface area contributed by atoms with Crippen LogP contribution < -0.4 is 5.32 Å². The number of aromatic nitrogens is 1. The predicted octanol–water partition coefficient (Wildman–Crippen LogP) is 2.41. The zero-order valence-electron chi connectivity index (χ0n) is 11.5. The normalized spacial score (nSPS) is 10.4. The molecule has 0 aliphatic heterocycles. The first-order valence-corrected chi connectivity index (χ1v) is 6.54. The van der Waals surface area contributed by atoms with Gasteiger partial charge in [-0.1, -0.05) is 13.8 Å². The molecule has 1 heterocycles. The van der Waals surface area contributed by atoms with Crippen molar-refractivity contribution < 1.29 is 0 Å². The molecule has 1 aromatic heterocycles. The summed E-state index contributed by atoms with van der Waals surface area (Å²) in [6.07, 6.45) is 2.80. The molecule has 1 aromatic rings. The van der Waals surface area contributed by atoms with Gasteiger partial charge in [-0.05, 0) is 44.6 Å². The molecule has 0 spiro atoms. The topological polar surface area (TPSA) is 52.0 Å². The van der Waals surface area contributed by atoms with Gasteiger partial charge in [-0.25, -0.2) is 4.98 Å². The summed E-state index contributed by atoms with van der Waals surface area (Å²) in [5, 5.41) is 12.3. The Morgan fingerprint density at radius 3 is 2.72 bits per heavy atom. The minimum Gasteiger partial charge on any atom is -0.369 e. The van der Waals surface area contributed by atoms with E-state index in [4.69, 9.17) is 5.26 Å². The van der Waals surface area contributed by atoms with Crippen LogP contribution in [0.25, 0.3) is 0 Å². The standard InChI is InChI=1S/C14H22N4/c1-4-18(5-2)10-6-8-16-14-13(11-15)12(3)7-9-17-14/h7,9H,4-6,8,10H2,1-3H3,(H,16,17). The Balaban J connectivity index is 2.45. The summed E-state index contributed by atoms with van der Waals surface area (Å²) in [7, 11) is 0. The Bertz CT molecular complexity index is 405. The van der Waals surface area contributed by atoms with Crippen molar-refractivity contribution in [2.75, 3.05) is 31.5 Å². The maximum atomic E-state index is 9.08. The number of rotatable bonds is 7. The number of aryl methyl sites for hydroxylation is 1. The minimum absolute atomic E-state index is 0.653. The summed E-state index contributed by atoms with van der Waals surface area (Å²) >= 11 is 0. The SMILES string of the molecule is CCN(CC)CCCNc1nccc(C)c1C#N. The van der Waals surface area contributed by atoms with Crippen LogP contribution in [0.5, 0.6) is 0 Å². The molecule has 0 unspecified atom stereocenters. The second kappa shape index (κ2) is 7.67. The quantitative estimate of drug-likeness (QED) is 0.751. The summed E-state index contributed by atoms with van der Waals surface area (Å²) in [6.45, 7) is 10.4. The van der Waals surface area contributed by atoms with E-state index in [9.17, 15) is 0 Å². The second-order valence-corrected chi connectivity index (χ2v) is 4.27. The molecule has 0 radical (unpaired) electrons. The van der Waals surface area contributed by atoms with Gasteiger partial charge in [0.1, 0.15) is 11.9 Å². The monoisotopic (exact) mass is 246 g/mol. The number of nitrogens with one attached hydrogen (secondary N) is 1. The molecule has 0 bridgehead atoms. The zero-order chi connectivity index (χ0) is 13.4. The first kappa shape index (κ1) is 14.5. The van der Waals surface area contributed by atoms with Gasteiger partial charge in [0.2, 0.25) is 0 Å². The van der Waals surface area contributed by atoms with E-state index in [1.165, 1.54) is 0 Å². The highest BCUT2D eigenvalue weighted by Gasteiger charge is 2.05. The summed E-state index contributed by atoms with van der Waals surface area (Å²) in [4.78, 5) is 6.61. The Morgan fingerprint density at radius 2 is 2.11 bits per heavy atom. The fourth-order valence-corrected chi connectivity index (χ4v) is 1.88. The molecule has 4 heteroatoms. The number of nitriles is 1. The largest absolute Gasteiger partial charge is 0.369 e. The van der Waals surface area contributed by atoms with Crippen LogP contribution in [0.2, 0.25) is 0 Å². The summed E-state index contributed by atoms with van der Waals surface area (Å²) < 4.78 is 0. The summed E-state index contributed by atoms with van der Waals surface area (Å²) in [6, 6.07) is 4.06. The molecule has 98 valence electrons. The number of anilines is 1. The predicted molar refractivity (Wildman–Crippen MR) is 74.6 cm³/mol. The van der Waals surface area contributed by atoms with Gasteiger partial charge in [0.15, 0.2) is 0 Å². The third-order valence-corrected chi connectivity index (χ3v) is 3.11. The highest BCUT2D eigenvalue weighted by atomic mass is 15.1.